The first-order chi connectivity index (χ1) is 12.6. The van der Waals surface area contributed by atoms with E-state index in [-0.39, 0.29) is 23.9 Å². The summed E-state index contributed by atoms with van der Waals surface area (Å²) in [6, 6.07) is 0. The van der Waals surface area contributed by atoms with Crippen LogP contribution in [0.2, 0.25) is 0 Å². The molecule has 0 aromatic heterocycles. The maximum Gasteiger partial charge on any atom is 0.306 e. The minimum atomic E-state index is -0.576. The van der Waals surface area contributed by atoms with Gasteiger partial charge in [0.05, 0.1) is 12.2 Å². The Hall–Kier alpha value is -1.39. The number of hydrogen-bond acceptors (Lipinski definition) is 4. The monoisotopic (exact) mass is 362 g/mol. The molecule has 1 saturated carbocycles. The lowest BCUT2D eigenvalue weighted by Gasteiger charge is -2.21. The number of cyclic esters (lactones) is 1. The maximum absolute atomic E-state index is 11.7. The first kappa shape index (κ1) is 20.9. The van der Waals surface area contributed by atoms with Crippen molar-refractivity contribution in [3.8, 4) is 0 Å². The molecule has 1 saturated heterocycles. The van der Waals surface area contributed by atoms with Crippen molar-refractivity contribution >= 4 is 5.97 Å². The molecule has 1 heterocycles. The summed E-state index contributed by atoms with van der Waals surface area (Å²) < 4.78 is 5.58. The second-order valence-electron chi connectivity index (χ2n) is 7.46. The van der Waals surface area contributed by atoms with E-state index in [9.17, 15) is 15.0 Å². The van der Waals surface area contributed by atoms with E-state index in [0.29, 0.717) is 12.8 Å². The van der Waals surface area contributed by atoms with Crippen molar-refractivity contribution in [2.24, 2.45) is 11.8 Å². The van der Waals surface area contributed by atoms with E-state index in [1.54, 1.807) is 12.2 Å². The Morgan fingerprint density at radius 2 is 1.92 bits per heavy atom. The van der Waals surface area contributed by atoms with E-state index < -0.39 is 12.2 Å². The van der Waals surface area contributed by atoms with Crippen LogP contribution in [0.3, 0.4) is 0 Å². The summed E-state index contributed by atoms with van der Waals surface area (Å²) in [5.74, 6) is 0.311. The highest BCUT2D eigenvalue weighted by atomic mass is 16.5. The van der Waals surface area contributed by atoms with Crippen LogP contribution in [0.4, 0.5) is 0 Å². The Balaban J connectivity index is 1.70. The smallest absolute Gasteiger partial charge is 0.306 e. The van der Waals surface area contributed by atoms with Gasteiger partial charge in [-0.15, -0.1) is 0 Å². The Morgan fingerprint density at radius 3 is 2.73 bits per heavy atom. The third-order valence-corrected chi connectivity index (χ3v) is 5.21. The minimum absolute atomic E-state index is 0.0418. The molecule has 146 valence electrons. The van der Waals surface area contributed by atoms with Crippen molar-refractivity contribution in [1.29, 1.82) is 0 Å². The average molecular weight is 363 g/mol. The molecule has 0 bridgehead atoms. The molecule has 0 aromatic carbocycles. The molecule has 0 radical (unpaired) electrons. The number of aliphatic hydroxyl groups is 2. The molecule has 0 aromatic rings. The van der Waals surface area contributed by atoms with Crippen LogP contribution in [0.25, 0.3) is 0 Å². The van der Waals surface area contributed by atoms with Crippen molar-refractivity contribution in [3.05, 3.63) is 36.5 Å². The van der Waals surface area contributed by atoms with Crippen molar-refractivity contribution in [3.63, 3.8) is 0 Å². The fourth-order valence-corrected chi connectivity index (χ4v) is 3.57. The molecule has 4 nitrogen and oxygen atoms in total. The third-order valence-electron chi connectivity index (χ3n) is 5.21. The highest BCUT2D eigenvalue weighted by Gasteiger charge is 2.47. The van der Waals surface area contributed by atoms with Crippen molar-refractivity contribution < 1.29 is 19.7 Å². The molecule has 0 spiro atoms. The van der Waals surface area contributed by atoms with Crippen LogP contribution in [-0.2, 0) is 9.53 Å². The van der Waals surface area contributed by atoms with Gasteiger partial charge < -0.3 is 14.9 Å². The lowest BCUT2D eigenvalue weighted by molar-refractivity contribution is -0.152. The summed E-state index contributed by atoms with van der Waals surface area (Å²) in [5.41, 5.74) is 0. The first-order valence-corrected chi connectivity index (χ1v) is 10.2. The minimum Gasteiger partial charge on any atom is -0.462 e. The van der Waals surface area contributed by atoms with E-state index in [2.05, 4.69) is 19.1 Å². The van der Waals surface area contributed by atoms with Gasteiger partial charge in [0.1, 0.15) is 6.10 Å². The van der Waals surface area contributed by atoms with Gasteiger partial charge >= 0.3 is 5.97 Å². The van der Waals surface area contributed by atoms with Gasteiger partial charge in [0.15, 0.2) is 0 Å². The molecule has 0 unspecified atom stereocenters. The van der Waals surface area contributed by atoms with Crippen molar-refractivity contribution in [2.75, 3.05) is 0 Å². The predicted molar refractivity (Wildman–Crippen MR) is 104 cm³/mol. The number of ether oxygens (including phenoxy) is 1. The molecule has 1 aliphatic heterocycles. The molecule has 0 amide bonds. The van der Waals surface area contributed by atoms with Gasteiger partial charge in [-0.25, -0.2) is 0 Å². The first-order valence-electron chi connectivity index (χ1n) is 10.2. The zero-order valence-corrected chi connectivity index (χ0v) is 15.9. The Labute approximate surface area is 157 Å². The van der Waals surface area contributed by atoms with Crippen molar-refractivity contribution in [2.45, 2.75) is 83.0 Å². The van der Waals surface area contributed by atoms with Crippen LogP contribution in [-0.4, -0.2) is 34.5 Å². The number of allylic oxidation sites excluding steroid dienone is 3. The largest absolute Gasteiger partial charge is 0.462 e. The normalized spacial score (nSPS) is 29.7. The lowest BCUT2D eigenvalue weighted by Crippen LogP contribution is -2.24. The molecule has 5 atom stereocenters. The second-order valence-corrected chi connectivity index (χ2v) is 7.46. The Kier molecular flexibility index (Phi) is 9.13. The summed E-state index contributed by atoms with van der Waals surface area (Å²) in [6.45, 7) is 2.10. The van der Waals surface area contributed by atoms with Gasteiger partial charge in [-0.2, -0.15) is 0 Å². The molecular formula is C22H34O4. The van der Waals surface area contributed by atoms with Crippen LogP contribution in [0.5, 0.6) is 0 Å². The number of aliphatic hydroxyl groups excluding tert-OH is 2. The summed E-state index contributed by atoms with van der Waals surface area (Å²) in [7, 11) is 0. The highest BCUT2D eigenvalue weighted by Crippen LogP contribution is 2.47. The van der Waals surface area contributed by atoms with E-state index in [4.69, 9.17) is 4.74 Å². The topological polar surface area (TPSA) is 66.8 Å². The summed E-state index contributed by atoms with van der Waals surface area (Å²) >= 11 is 0. The quantitative estimate of drug-likeness (QED) is 0.479. The SMILES string of the molecule is CC/C=C\C/C=C\C[C@H](O)/C=C/[C@H](O)[C@@H]1C[C@H]1[C@H]1CCCCCC(=O)O1. The van der Waals surface area contributed by atoms with Crippen LogP contribution in [0, 0.1) is 11.8 Å². The Morgan fingerprint density at radius 1 is 1.12 bits per heavy atom. The van der Waals surface area contributed by atoms with E-state index in [0.717, 1.165) is 44.9 Å². The zero-order valence-electron chi connectivity index (χ0n) is 15.9. The van der Waals surface area contributed by atoms with E-state index in [1.165, 1.54) is 0 Å². The number of esters is 1. The molecule has 4 heteroatoms. The number of carbonyl (C=O) groups is 1. The second kappa shape index (κ2) is 11.3. The van der Waals surface area contributed by atoms with Crippen molar-refractivity contribution in [1.82, 2.24) is 0 Å². The molecule has 2 rings (SSSR count). The fourth-order valence-electron chi connectivity index (χ4n) is 3.57. The number of carbonyl (C=O) groups excluding carboxylic acids is 1. The van der Waals surface area contributed by atoms with Gasteiger partial charge in [0.25, 0.3) is 0 Å². The predicted octanol–water partition coefficient (Wildman–Crippen LogP) is 4.08. The standard InChI is InChI=1S/C22H34O4/c1-2-3-4-5-6-8-11-17(23)14-15-20(24)18-16-19(18)21-12-9-7-10-13-22(25)26-21/h3-4,6,8,14-15,17-21,23-24H,2,5,7,9-13,16H2,1H3/b4-3-,8-6-,15-14+/t17-,18+,19+,20-,21+/m0/s1. The van der Waals surface area contributed by atoms with Gasteiger partial charge in [-0.3, -0.25) is 4.79 Å². The average Bonchev–Trinajstić information content (AvgIpc) is 3.39. The molecular weight excluding hydrogens is 328 g/mol. The zero-order chi connectivity index (χ0) is 18.8. The Bertz CT molecular complexity index is 508. The molecule has 1 aliphatic carbocycles. The van der Waals surface area contributed by atoms with E-state index in [1.807, 2.05) is 12.2 Å². The van der Waals surface area contributed by atoms with Crippen LogP contribution in [0.15, 0.2) is 36.5 Å². The molecule has 2 aliphatic rings. The van der Waals surface area contributed by atoms with Gasteiger partial charge in [-0.1, -0.05) is 49.8 Å². The summed E-state index contributed by atoms with van der Waals surface area (Å²) in [6.07, 6.45) is 18.3. The third kappa shape index (κ3) is 7.46. The highest BCUT2D eigenvalue weighted by molar-refractivity contribution is 5.69. The van der Waals surface area contributed by atoms with Crippen LogP contribution in [0.1, 0.15) is 64.7 Å². The number of rotatable bonds is 9. The summed E-state index contributed by atoms with van der Waals surface area (Å²) in [4.78, 5) is 11.7. The maximum atomic E-state index is 11.7. The molecule has 2 N–H and O–H groups in total. The summed E-state index contributed by atoms with van der Waals surface area (Å²) in [5, 5.41) is 20.3. The lowest BCUT2D eigenvalue weighted by atomic mass is 10.0. The molecule has 2 fully saturated rings. The van der Waals surface area contributed by atoms with Crippen LogP contribution >= 0.6 is 0 Å². The van der Waals surface area contributed by atoms with Gasteiger partial charge in [0, 0.05) is 12.3 Å². The molecule has 26 heavy (non-hydrogen) atoms. The number of hydrogen-bond donors (Lipinski definition) is 2. The van der Waals surface area contributed by atoms with Crippen LogP contribution < -0.4 is 0 Å². The van der Waals surface area contributed by atoms with Gasteiger partial charge in [0.2, 0.25) is 0 Å². The van der Waals surface area contributed by atoms with Gasteiger partial charge in [-0.05, 0) is 50.9 Å². The van der Waals surface area contributed by atoms with E-state index >= 15 is 0 Å². The fraction of sp³-hybridized carbons (Fsp3) is 0.682.